The predicted octanol–water partition coefficient (Wildman–Crippen LogP) is 2.13. The summed E-state index contributed by atoms with van der Waals surface area (Å²) in [6, 6.07) is 8.19. The Bertz CT molecular complexity index is 395. The summed E-state index contributed by atoms with van der Waals surface area (Å²) in [5.74, 6) is 0.962. The van der Waals surface area contributed by atoms with Crippen LogP contribution >= 0.6 is 0 Å². The van der Waals surface area contributed by atoms with E-state index < -0.39 is 0 Å². The van der Waals surface area contributed by atoms with Gasteiger partial charge in [0.15, 0.2) is 0 Å². The number of piperidine rings is 1. The van der Waals surface area contributed by atoms with E-state index in [-0.39, 0.29) is 0 Å². The summed E-state index contributed by atoms with van der Waals surface area (Å²) in [7, 11) is 2.16. The molecule has 0 aliphatic carbocycles. The fourth-order valence-corrected chi connectivity index (χ4v) is 2.19. The lowest BCUT2D eigenvalue weighted by atomic mass is 10.1. The minimum atomic E-state index is 0.356. The Morgan fingerprint density at radius 3 is 2.89 bits per heavy atom. The molecule has 3 nitrogen and oxygen atoms in total. The molecule has 18 heavy (non-hydrogen) atoms. The van der Waals surface area contributed by atoms with Crippen LogP contribution in [0.2, 0.25) is 0 Å². The van der Waals surface area contributed by atoms with Crippen LogP contribution in [0, 0.1) is 0 Å². The molecule has 0 atom stereocenters. The number of rotatable bonds is 4. The van der Waals surface area contributed by atoms with Gasteiger partial charge in [0.05, 0.1) is 0 Å². The van der Waals surface area contributed by atoms with Crippen LogP contribution in [0.5, 0.6) is 5.75 Å². The maximum Gasteiger partial charge on any atom is 0.120 e. The van der Waals surface area contributed by atoms with Crippen LogP contribution < -0.4 is 10.5 Å². The largest absolute Gasteiger partial charge is 0.490 e. The molecule has 1 saturated heterocycles. The van der Waals surface area contributed by atoms with Crippen molar-refractivity contribution in [2.75, 3.05) is 26.7 Å². The first kappa shape index (κ1) is 13.1. The molecule has 0 saturated carbocycles. The minimum absolute atomic E-state index is 0.356. The van der Waals surface area contributed by atoms with Gasteiger partial charge in [0, 0.05) is 19.6 Å². The topological polar surface area (TPSA) is 38.5 Å². The van der Waals surface area contributed by atoms with Crippen LogP contribution in [0.1, 0.15) is 18.4 Å². The molecule has 0 unspecified atom stereocenters. The third kappa shape index (κ3) is 3.86. The van der Waals surface area contributed by atoms with Gasteiger partial charge in [-0.2, -0.15) is 0 Å². The Labute approximate surface area is 109 Å². The van der Waals surface area contributed by atoms with Crippen molar-refractivity contribution in [2.45, 2.75) is 18.9 Å². The molecule has 0 aromatic heterocycles. The molecule has 3 heteroatoms. The fraction of sp³-hybridized carbons (Fsp3) is 0.467. The molecule has 1 aliphatic heterocycles. The molecule has 2 N–H and O–H groups in total. The lowest BCUT2D eigenvalue weighted by Gasteiger charge is -2.29. The molecule has 1 aromatic carbocycles. The Hall–Kier alpha value is -1.32. The van der Waals surface area contributed by atoms with Crippen molar-refractivity contribution in [3.8, 4) is 5.75 Å². The summed E-state index contributed by atoms with van der Waals surface area (Å²) in [6.07, 6.45) is 6.56. The molecule has 0 spiro atoms. The predicted molar refractivity (Wildman–Crippen MR) is 75.7 cm³/mol. The lowest BCUT2D eigenvalue weighted by Crippen LogP contribution is -2.35. The van der Waals surface area contributed by atoms with E-state index in [9.17, 15) is 0 Å². The first-order chi connectivity index (χ1) is 8.78. The third-order valence-corrected chi connectivity index (χ3v) is 3.27. The monoisotopic (exact) mass is 246 g/mol. The average molecular weight is 246 g/mol. The summed E-state index contributed by atoms with van der Waals surface area (Å²) in [6.45, 7) is 2.81. The Morgan fingerprint density at radius 1 is 1.39 bits per heavy atom. The van der Waals surface area contributed by atoms with E-state index in [0.717, 1.165) is 37.2 Å². The molecule has 1 aromatic rings. The van der Waals surface area contributed by atoms with Gasteiger partial charge in [-0.1, -0.05) is 24.3 Å². The number of hydrogen-bond donors (Lipinski definition) is 1. The fourth-order valence-electron chi connectivity index (χ4n) is 2.19. The first-order valence-electron chi connectivity index (χ1n) is 6.60. The van der Waals surface area contributed by atoms with Crippen molar-refractivity contribution in [1.29, 1.82) is 0 Å². The van der Waals surface area contributed by atoms with Gasteiger partial charge in [0.2, 0.25) is 0 Å². The molecule has 0 amide bonds. The Morgan fingerprint density at radius 2 is 2.17 bits per heavy atom. The van der Waals surface area contributed by atoms with Gasteiger partial charge in [-0.3, -0.25) is 0 Å². The molecule has 1 aliphatic rings. The maximum atomic E-state index is 6.03. The second-order valence-corrected chi connectivity index (χ2v) is 4.83. The summed E-state index contributed by atoms with van der Waals surface area (Å²) < 4.78 is 6.03. The second kappa shape index (κ2) is 6.57. The number of ether oxygens (including phenoxy) is 1. The molecule has 0 bridgehead atoms. The highest BCUT2D eigenvalue weighted by molar-refractivity contribution is 5.51. The summed E-state index contributed by atoms with van der Waals surface area (Å²) in [5, 5.41) is 0. The van der Waals surface area contributed by atoms with Gasteiger partial charge in [0.25, 0.3) is 0 Å². The van der Waals surface area contributed by atoms with E-state index in [1.807, 2.05) is 24.3 Å². The van der Waals surface area contributed by atoms with E-state index in [0.29, 0.717) is 12.6 Å². The van der Waals surface area contributed by atoms with Crippen LogP contribution in [0.15, 0.2) is 30.3 Å². The average Bonchev–Trinajstić information content (AvgIpc) is 2.40. The van der Waals surface area contributed by atoms with Crippen molar-refractivity contribution in [3.05, 3.63) is 35.9 Å². The molecular formula is C15H22N2O. The van der Waals surface area contributed by atoms with Crippen molar-refractivity contribution in [3.63, 3.8) is 0 Å². The van der Waals surface area contributed by atoms with Crippen LogP contribution in [-0.4, -0.2) is 37.7 Å². The van der Waals surface area contributed by atoms with E-state index in [2.05, 4.69) is 24.1 Å². The summed E-state index contributed by atoms with van der Waals surface area (Å²) >= 11 is 0. The third-order valence-electron chi connectivity index (χ3n) is 3.27. The van der Waals surface area contributed by atoms with Gasteiger partial charge in [0.1, 0.15) is 11.9 Å². The lowest BCUT2D eigenvalue weighted by molar-refractivity contribution is 0.114. The highest BCUT2D eigenvalue weighted by Crippen LogP contribution is 2.20. The van der Waals surface area contributed by atoms with Crippen LogP contribution in [-0.2, 0) is 0 Å². The van der Waals surface area contributed by atoms with Crippen molar-refractivity contribution in [2.24, 2.45) is 5.73 Å². The SMILES string of the molecule is CN1CCC(Oc2cccc(/C=C/CN)c2)CC1. The zero-order valence-corrected chi connectivity index (χ0v) is 11.0. The van der Waals surface area contributed by atoms with Crippen molar-refractivity contribution in [1.82, 2.24) is 4.90 Å². The summed E-state index contributed by atoms with van der Waals surface area (Å²) in [5.41, 5.74) is 6.60. The maximum absolute atomic E-state index is 6.03. The van der Waals surface area contributed by atoms with Gasteiger partial charge >= 0.3 is 0 Å². The zero-order valence-electron chi connectivity index (χ0n) is 11.0. The first-order valence-corrected chi connectivity index (χ1v) is 6.60. The zero-order chi connectivity index (χ0) is 12.8. The molecule has 1 heterocycles. The van der Waals surface area contributed by atoms with Gasteiger partial charge in [-0.25, -0.2) is 0 Å². The highest BCUT2D eigenvalue weighted by atomic mass is 16.5. The number of hydrogen-bond acceptors (Lipinski definition) is 3. The smallest absolute Gasteiger partial charge is 0.120 e. The van der Waals surface area contributed by atoms with E-state index >= 15 is 0 Å². The molecule has 2 rings (SSSR count). The van der Waals surface area contributed by atoms with Crippen LogP contribution in [0.25, 0.3) is 6.08 Å². The number of nitrogens with zero attached hydrogens (tertiary/aromatic N) is 1. The standard InChI is InChI=1S/C15H22N2O/c1-17-10-7-14(8-11-17)18-15-6-2-4-13(12-15)5-3-9-16/h2-6,12,14H,7-11,16H2,1H3/b5-3+. The quantitative estimate of drug-likeness (QED) is 0.884. The van der Waals surface area contributed by atoms with Crippen molar-refractivity contribution < 1.29 is 4.74 Å². The number of benzene rings is 1. The number of likely N-dealkylation sites (tertiary alicyclic amines) is 1. The summed E-state index contributed by atoms with van der Waals surface area (Å²) in [4.78, 5) is 2.35. The number of nitrogens with two attached hydrogens (primary N) is 1. The molecule has 0 radical (unpaired) electrons. The highest BCUT2D eigenvalue weighted by Gasteiger charge is 2.17. The van der Waals surface area contributed by atoms with Gasteiger partial charge in [-0.05, 0) is 37.6 Å². The van der Waals surface area contributed by atoms with Gasteiger partial charge < -0.3 is 15.4 Å². The van der Waals surface area contributed by atoms with E-state index in [4.69, 9.17) is 10.5 Å². The normalized spacial score (nSPS) is 18.3. The van der Waals surface area contributed by atoms with Crippen molar-refractivity contribution >= 4 is 6.08 Å². The molecular weight excluding hydrogens is 224 g/mol. The van der Waals surface area contributed by atoms with E-state index in [1.54, 1.807) is 0 Å². The van der Waals surface area contributed by atoms with Gasteiger partial charge in [-0.15, -0.1) is 0 Å². The van der Waals surface area contributed by atoms with Crippen LogP contribution in [0.4, 0.5) is 0 Å². The second-order valence-electron chi connectivity index (χ2n) is 4.83. The minimum Gasteiger partial charge on any atom is -0.490 e. The van der Waals surface area contributed by atoms with E-state index in [1.165, 1.54) is 0 Å². The molecule has 98 valence electrons. The molecule has 1 fully saturated rings. The Balaban J connectivity index is 1.94. The van der Waals surface area contributed by atoms with Crippen LogP contribution in [0.3, 0.4) is 0 Å². The Kier molecular flexibility index (Phi) is 4.79.